The van der Waals surface area contributed by atoms with Crippen LogP contribution in [0.2, 0.25) is 0 Å². The largest absolute Gasteiger partial charge is 0.398 e. The smallest absolute Gasteiger partial charge is 0.378 e. The maximum absolute atomic E-state index is 13.2. The van der Waals surface area contributed by atoms with Crippen LogP contribution in [-0.4, -0.2) is 24.2 Å². The Morgan fingerprint density at radius 1 is 1.17 bits per heavy atom. The van der Waals surface area contributed by atoms with Crippen LogP contribution in [0.1, 0.15) is 25.7 Å². The molecule has 1 fully saturated rings. The van der Waals surface area contributed by atoms with E-state index in [9.17, 15) is 13.2 Å². The van der Waals surface area contributed by atoms with Crippen LogP contribution in [-0.2, 0) is 0 Å². The van der Waals surface area contributed by atoms with Crippen molar-refractivity contribution >= 4 is 0 Å². The van der Waals surface area contributed by atoms with E-state index in [0.29, 0.717) is 0 Å². The van der Waals surface area contributed by atoms with Crippen LogP contribution in [0.15, 0.2) is 36.6 Å². The molecular formula is C14H18F3N. The predicted octanol–water partition coefficient (Wildman–Crippen LogP) is 4.05. The molecule has 0 aromatic heterocycles. The van der Waals surface area contributed by atoms with Gasteiger partial charge in [-0.3, -0.25) is 0 Å². The minimum absolute atomic E-state index is 0.0217. The number of alkyl halides is 3. The summed E-state index contributed by atoms with van der Waals surface area (Å²) in [4.78, 5) is 2.09. The summed E-state index contributed by atoms with van der Waals surface area (Å²) < 4.78 is 39.5. The van der Waals surface area contributed by atoms with Crippen molar-refractivity contribution in [3.8, 4) is 0 Å². The van der Waals surface area contributed by atoms with Crippen molar-refractivity contribution in [3.63, 3.8) is 0 Å². The molecule has 0 bridgehead atoms. The summed E-state index contributed by atoms with van der Waals surface area (Å²) in [5.74, 6) is 0. The molecule has 1 saturated heterocycles. The minimum Gasteiger partial charge on any atom is -0.378 e. The first-order valence-corrected chi connectivity index (χ1v) is 6.35. The number of hydrogen-bond acceptors (Lipinski definition) is 1. The zero-order valence-corrected chi connectivity index (χ0v) is 10.3. The van der Waals surface area contributed by atoms with E-state index >= 15 is 0 Å². The van der Waals surface area contributed by atoms with E-state index < -0.39 is 11.6 Å². The predicted molar refractivity (Wildman–Crippen MR) is 65.9 cm³/mol. The summed E-state index contributed by atoms with van der Waals surface area (Å²) in [6.07, 6.45) is 7.70. The average molecular weight is 257 g/mol. The van der Waals surface area contributed by atoms with E-state index in [0.717, 1.165) is 25.9 Å². The van der Waals surface area contributed by atoms with Gasteiger partial charge in [0, 0.05) is 13.1 Å². The summed E-state index contributed by atoms with van der Waals surface area (Å²) in [5.41, 5.74) is -1.71. The van der Waals surface area contributed by atoms with Gasteiger partial charge < -0.3 is 4.90 Å². The van der Waals surface area contributed by atoms with Gasteiger partial charge in [0.15, 0.2) is 0 Å². The van der Waals surface area contributed by atoms with Crippen LogP contribution in [0.3, 0.4) is 0 Å². The van der Waals surface area contributed by atoms with Crippen LogP contribution in [0.4, 0.5) is 13.2 Å². The highest BCUT2D eigenvalue weighted by Gasteiger charge is 2.51. The molecule has 2 aliphatic rings. The van der Waals surface area contributed by atoms with Crippen molar-refractivity contribution in [2.24, 2.45) is 5.41 Å². The first-order valence-electron chi connectivity index (χ1n) is 6.35. The standard InChI is InChI=1S/C14H18F3N/c15-14(16,17)13(7-2-1-3-8-13)9-6-12-18-10-4-5-11-18/h1-3,6-7,12H,4-5,8-11H2. The Bertz CT molecular complexity index is 362. The Kier molecular flexibility index (Phi) is 3.83. The van der Waals surface area contributed by atoms with Gasteiger partial charge in [-0.2, -0.15) is 13.2 Å². The van der Waals surface area contributed by atoms with E-state index in [1.165, 1.54) is 12.2 Å². The summed E-state index contributed by atoms with van der Waals surface area (Å²) in [6.45, 7) is 1.93. The van der Waals surface area contributed by atoms with Crippen molar-refractivity contribution in [1.29, 1.82) is 0 Å². The molecule has 1 heterocycles. The normalized spacial score (nSPS) is 28.5. The third-order valence-electron chi connectivity index (χ3n) is 3.65. The fourth-order valence-corrected chi connectivity index (χ4v) is 2.44. The van der Waals surface area contributed by atoms with E-state index in [-0.39, 0.29) is 12.8 Å². The van der Waals surface area contributed by atoms with Gasteiger partial charge in [0.25, 0.3) is 0 Å². The van der Waals surface area contributed by atoms with Gasteiger partial charge in [0.05, 0.1) is 5.41 Å². The highest BCUT2D eigenvalue weighted by molar-refractivity contribution is 5.20. The van der Waals surface area contributed by atoms with Gasteiger partial charge >= 0.3 is 6.18 Å². The molecule has 0 spiro atoms. The lowest BCUT2D eigenvalue weighted by molar-refractivity contribution is -0.204. The molecule has 0 aromatic rings. The molecule has 0 amide bonds. The molecule has 2 rings (SSSR count). The van der Waals surface area contributed by atoms with Crippen LogP contribution in [0, 0.1) is 5.41 Å². The lowest BCUT2D eigenvalue weighted by Crippen LogP contribution is -2.36. The second-order valence-electron chi connectivity index (χ2n) is 4.98. The van der Waals surface area contributed by atoms with Crippen LogP contribution in [0.5, 0.6) is 0 Å². The van der Waals surface area contributed by atoms with Crippen LogP contribution >= 0.6 is 0 Å². The third kappa shape index (κ3) is 2.79. The average Bonchev–Trinajstić information content (AvgIpc) is 2.82. The number of allylic oxidation sites excluding steroid dienone is 5. The summed E-state index contributed by atoms with van der Waals surface area (Å²) in [6, 6.07) is 0. The van der Waals surface area contributed by atoms with Crippen molar-refractivity contribution < 1.29 is 13.2 Å². The summed E-state index contributed by atoms with van der Waals surface area (Å²) in [7, 11) is 0. The Labute approximate surface area is 106 Å². The van der Waals surface area contributed by atoms with Crippen molar-refractivity contribution in [1.82, 2.24) is 4.90 Å². The van der Waals surface area contributed by atoms with E-state index in [1.54, 1.807) is 18.2 Å². The van der Waals surface area contributed by atoms with Gasteiger partial charge in [-0.15, -0.1) is 0 Å². The van der Waals surface area contributed by atoms with E-state index in [2.05, 4.69) is 4.90 Å². The Balaban J connectivity index is 2.02. The minimum atomic E-state index is -4.19. The Hall–Kier alpha value is -1.19. The molecule has 0 N–H and O–H groups in total. The summed E-state index contributed by atoms with van der Waals surface area (Å²) >= 11 is 0. The second-order valence-corrected chi connectivity index (χ2v) is 4.98. The zero-order valence-electron chi connectivity index (χ0n) is 10.3. The first kappa shape index (κ1) is 13.2. The van der Waals surface area contributed by atoms with Gasteiger partial charge in [-0.1, -0.05) is 30.4 Å². The van der Waals surface area contributed by atoms with Crippen LogP contribution in [0.25, 0.3) is 0 Å². The molecule has 1 aliphatic carbocycles. The lowest BCUT2D eigenvalue weighted by atomic mass is 9.78. The van der Waals surface area contributed by atoms with Gasteiger partial charge in [-0.05, 0) is 31.9 Å². The Morgan fingerprint density at radius 3 is 2.44 bits per heavy atom. The number of rotatable bonds is 3. The van der Waals surface area contributed by atoms with Gasteiger partial charge in [-0.25, -0.2) is 0 Å². The molecule has 1 atom stereocenters. The molecule has 0 saturated carbocycles. The topological polar surface area (TPSA) is 3.24 Å². The molecule has 1 nitrogen and oxygen atoms in total. The number of hydrogen-bond donors (Lipinski definition) is 0. The number of nitrogens with zero attached hydrogens (tertiary/aromatic N) is 1. The molecule has 4 heteroatoms. The Morgan fingerprint density at radius 2 is 1.89 bits per heavy atom. The van der Waals surface area contributed by atoms with Crippen molar-refractivity contribution in [3.05, 3.63) is 36.6 Å². The monoisotopic (exact) mass is 257 g/mol. The molecule has 1 unspecified atom stereocenters. The number of halogens is 3. The van der Waals surface area contributed by atoms with E-state index in [4.69, 9.17) is 0 Å². The number of likely N-dealkylation sites (tertiary alicyclic amines) is 1. The van der Waals surface area contributed by atoms with Crippen molar-refractivity contribution in [2.75, 3.05) is 13.1 Å². The van der Waals surface area contributed by atoms with Gasteiger partial charge in [0.2, 0.25) is 0 Å². The maximum atomic E-state index is 13.2. The molecule has 1 aliphatic heterocycles. The maximum Gasteiger partial charge on any atom is 0.398 e. The zero-order chi connectivity index (χ0) is 13.1. The molecule has 18 heavy (non-hydrogen) atoms. The first-order chi connectivity index (χ1) is 8.54. The molecule has 100 valence electrons. The molecule has 0 aromatic carbocycles. The second kappa shape index (κ2) is 5.21. The summed E-state index contributed by atoms with van der Waals surface area (Å²) in [5, 5.41) is 0. The van der Waals surface area contributed by atoms with Gasteiger partial charge in [0.1, 0.15) is 0 Å². The molecular weight excluding hydrogens is 239 g/mol. The fourth-order valence-electron chi connectivity index (χ4n) is 2.44. The quantitative estimate of drug-likeness (QED) is 0.737. The lowest BCUT2D eigenvalue weighted by Gasteiger charge is -2.32. The van der Waals surface area contributed by atoms with Crippen LogP contribution < -0.4 is 0 Å². The third-order valence-corrected chi connectivity index (χ3v) is 3.65. The highest BCUT2D eigenvalue weighted by atomic mass is 19.4. The SMILES string of the molecule is FC(F)(F)C1(CC=CN2CCCC2)C=CC=CC1. The van der Waals surface area contributed by atoms with Crippen molar-refractivity contribution in [2.45, 2.75) is 31.9 Å². The van der Waals surface area contributed by atoms with E-state index in [1.807, 2.05) is 6.20 Å². The fraction of sp³-hybridized carbons (Fsp3) is 0.571. The highest BCUT2D eigenvalue weighted by Crippen LogP contribution is 2.47. The molecule has 0 radical (unpaired) electrons.